The molecule has 4 aliphatic rings. The summed E-state index contributed by atoms with van der Waals surface area (Å²) in [5.74, 6) is 0.225. The van der Waals surface area contributed by atoms with Crippen LogP contribution in [0.5, 0.6) is 0 Å². The second kappa shape index (κ2) is 10.1. The van der Waals surface area contributed by atoms with Crippen molar-refractivity contribution in [2.75, 3.05) is 31.5 Å². The van der Waals surface area contributed by atoms with E-state index in [0.717, 1.165) is 43.5 Å². The molecule has 1 aromatic heterocycles. The van der Waals surface area contributed by atoms with E-state index in [4.69, 9.17) is 4.74 Å². The minimum atomic E-state index is -0.402. The van der Waals surface area contributed by atoms with Crippen LogP contribution in [0.3, 0.4) is 0 Å². The monoisotopic (exact) mass is 548 g/mol. The Morgan fingerprint density at radius 2 is 1.64 bits per heavy atom. The molecule has 7 rings (SSSR count). The summed E-state index contributed by atoms with van der Waals surface area (Å²) in [7, 11) is 0. The molecule has 3 fully saturated rings. The fraction of sp³-hybridized carbons (Fsp3) is 0.357. The molecule has 0 radical (unpaired) electrons. The molecule has 186 valence electrons. The number of carbonyl (C=O) groups excluding carboxylic acids is 2. The number of rotatable bonds is 5. The van der Waals surface area contributed by atoms with Crippen LogP contribution >= 0.6 is 0 Å². The Kier molecular flexibility index (Phi) is 6.90. The lowest BCUT2D eigenvalue weighted by Crippen LogP contribution is -3.00. The number of anilines is 1. The molecule has 36 heavy (non-hydrogen) atoms. The maximum atomic E-state index is 13.7. The van der Waals surface area contributed by atoms with Crippen molar-refractivity contribution >= 4 is 17.7 Å². The lowest BCUT2D eigenvalue weighted by Gasteiger charge is -2.51. The highest BCUT2D eigenvalue weighted by molar-refractivity contribution is 5.90. The molecule has 1 unspecified atom stereocenters. The van der Waals surface area contributed by atoms with Gasteiger partial charge in [0.15, 0.2) is 12.6 Å². The summed E-state index contributed by atoms with van der Waals surface area (Å²) in [4.78, 5) is 34.5. The fourth-order valence-electron chi connectivity index (χ4n) is 6.23. The third-order valence-corrected chi connectivity index (χ3v) is 7.99. The van der Waals surface area contributed by atoms with Gasteiger partial charge in [-0.05, 0) is 34.7 Å². The number of hydrogen-bond acceptors (Lipinski definition) is 5. The van der Waals surface area contributed by atoms with Gasteiger partial charge in [0.25, 0.3) is 5.91 Å². The molecule has 0 spiro atoms. The van der Waals surface area contributed by atoms with Crippen molar-refractivity contribution in [2.45, 2.75) is 31.3 Å². The van der Waals surface area contributed by atoms with Crippen molar-refractivity contribution in [3.05, 3.63) is 89.4 Å². The minimum absolute atomic E-state index is 0. The van der Waals surface area contributed by atoms with Gasteiger partial charge in [-0.3, -0.25) is 9.59 Å². The van der Waals surface area contributed by atoms with E-state index in [9.17, 15) is 9.59 Å². The smallest absolute Gasteiger partial charge is 0.318 e. The second-order valence-corrected chi connectivity index (χ2v) is 10.1. The summed E-state index contributed by atoms with van der Waals surface area (Å²) in [5, 5.41) is 2.88. The number of carbonyl (C=O) groups is 2. The van der Waals surface area contributed by atoms with Crippen LogP contribution in [0.4, 0.5) is 5.82 Å². The number of benzene rings is 2. The van der Waals surface area contributed by atoms with E-state index in [1.807, 2.05) is 24.3 Å². The van der Waals surface area contributed by atoms with Crippen molar-refractivity contribution in [2.24, 2.45) is 5.92 Å². The molecule has 0 saturated carbocycles. The number of ether oxygens (including phenoxy) is 1. The molecule has 4 heterocycles. The maximum Gasteiger partial charge on any atom is 0.318 e. The zero-order chi connectivity index (χ0) is 23.8. The minimum Gasteiger partial charge on any atom is -1.00 e. The van der Waals surface area contributed by atoms with E-state index in [1.54, 1.807) is 12.3 Å². The van der Waals surface area contributed by atoms with Gasteiger partial charge in [-0.1, -0.05) is 48.5 Å². The van der Waals surface area contributed by atoms with Crippen LogP contribution in [0.1, 0.15) is 41.0 Å². The molecule has 2 aromatic carbocycles. The summed E-state index contributed by atoms with van der Waals surface area (Å²) >= 11 is 0. The Bertz CT molecular complexity index is 1210. The molecule has 3 saturated heterocycles. The fourth-order valence-corrected chi connectivity index (χ4v) is 6.23. The molecule has 7 nitrogen and oxygen atoms in total. The van der Waals surface area contributed by atoms with Gasteiger partial charge in [0, 0.05) is 25.0 Å². The average molecular weight is 549 g/mol. The Morgan fingerprint density at radius 3 is 2.28 bits per heavy atom. The lowest BCUT2D eigenvalue weighted by molar-refractivity contribution is -0.938. The van der Waals surface area contributed by atoms with Crippen LogP contribution in [-0.2, 0) is 20.7 Å². The molecule has 3 aromatic rings. The Labute approximate surface area is 221 Å². The third kappa shape index (κ3) is 4.67. The summed E-state index contributed by atoms with van der Waals surface area (Å²) in [5.41, 5.74) is 4.47. The molecule has 8 heteroatoms. The van der Waals surface area contributed by atoms with Crippen molar-refractivity contribution in [3.63, 3.8) is 0 Å². The molecule has 1 amide bonds. The van der Waals surface area contributed by atoms with Crippen LogP contribution in [0, 0.1) is 5.92 Å². The van der Waals surface area contributed by atoms with Crippen LogP contribution in [0.15, 0.2) is 67.1 Å². The topological polar surface area (TPSA) is 81.2 Å². The van der Waals surface area contributed by atoms with Gasteiger partial charge < -0.3 is 31.5 Å². The molecule has 3 aliphatic heterocycles. The Balaban J connectivity index is 0.00000267. The number of halogens is 1. The Hall–Kier alpha value is -3.10. The number of nitrogens with one attached hydrogen (secondary N) is 1. The lowest BCUT2D eigenvalue weighted by atomic mass is 9.78. The van der Waals surface area contributed by atoms with Gasteiger partial charge in [0.05, 0.1) is 13.1 Å². The number of aromatic nitrogens is 2. The molecular weight excluding hydrogens is 520 g/mol. The second-order valence-electron chi connectivity index (χ2n) is 10.1. The molecule has 1 atom stereocenters. The van der Waals surface area contributed by atoms with E-state index < -0.39 is 5.92 Å². The molecular formula is C28H29BrN4O3. The number of piperidine rings is 3. The quantitative estimate of drug-likeness (QED) is 0.366. The van der Waals surface area contributed by atoms with Gasteiger partial charge in [0.2, 0.25) is 0 Å². The Morgan fingerprint density at radius 1 is 0.972 bits per heavy atom. The van der Waals surface area contributed by atoms with E-state index in [1.165, 1.54) is 17.5 Å². The molecule has 1 N–H and O–H groups in total. The number of quaternary nitrogens is 1. The van der Waals surface area contributed by atoms with Gasteiger partial charge >= 0.3 is 5.97 Å². The van der Waals surface area contributed by atoms with Gasteiger partial charge in [-0.25, -0.2) is 9.97 Å². The normalized spacial score (nSPS) is 24.1. The van der Waals surface area contributed by atoms with E-state index in [0.29, 0.717) is 29.3 Å². The first-order chi connectivity index (χ1) is 17.1. The highest BCUT2D eigenvalue weighted by Gasteiger charge is 2.49. The zero-order valence-electron chi connectivity index (χ0n) is 20.0. The first-order valence-electron chi connectivity index (χ1n) is 12.4. The summed E-state index contributed by atoms with van der Waals surface area (Å²) in [6, 6.07) is 18.1. The average Bonchev–Trinajstić information content (AvgIpc) is 2.88. The van der Waals surface area contributed by atoms with Crippen molar-refractivity contribution in [3.8, 4) is 0 Å². The molecule has 1 aliphatic carbocycles. The molecule has 2 bridgehead atoms. The largest absolute Gasteiger partial charge is 1.00 e. The zero-order valence-corrected chi connectivity index (χ0v) is 21.6. The summed E-state index contributed by atoms with van der Waals surface area (Å²) in [6.45, 7) is 2.92. The van der Waals surface area contributed by atoms with Gasteiger partial charge in [-0.2, -0.15) is 0 Å². The maximum absolute atomic E-state index is 13.7. The highest BCUT2D eigenvalue weighted by atomic mass is 79.9. The SMILES string of the molecule is O=C(C[N+]12CCC(CC1)C(OC(=O)C1c3ccccc3Cc3ccccc31)C2)Nc1ccncn1.[Br-]. The number of hydrogen-bond donors (Lipinski definition) is 1. The van der Waals surface area contributed by atoms with Crippen molar-refractivity contribution in [1.82, 2.24) is 9.97 Å². The van der Waals surface area contributed by atoms with Crippen LogP contribution in [0.25, 0.3) is 0 Å². The third-order valence-electron chi connectivity index (χ3n) is 7.99. The van der Waals surface area contributed by atoms with E-state index in [2.05, 4.69) is 39.6 Å². The van der Waals surface area contributed by atoms with Crippen LogP contribution in [-0.4, -0.2) is 58.6 Å². The van der Waals surface area contributed by atoms with Gasteiger partial charge in [-0.15, -0.1) is 0 Å². The first kappa shape index (κ1) is 24.6. The predicted molar refractivity (Wildman–Crippen MR) is 131 cm³/mol. The van der Waals surface area contributed by atoms with E-state index in [-0.39, 0.29) is 35.0 Å². The highest BCUT2D eigenvalue weighted by Crippen LogP contribution is 2.40. The number of esters is 1. The van der Waals surface area contributed by atoms with Crippen molar-refractivity contribution in [1.29, 1.82) is 0 Å². The number of amides is 1. The first-order valence-corrected chi connectivity index (χ1v) is 12.4. The number of nitrogens with zero attached hydrogens (tertiary/aromatic N) is 3. The van der Waals surface area contributed by atoms with Crippen LogP contribution in [0.2, 0.25) is 0 Å². The van der Waals surface area contributed by atoms with Crippen molar-refractivity contribution < 1.29 is 35.8 Å². The van der Waals surface area contributed by atoms with Gasteiger partial charge in [0.1, 0.15) is 24.6 Å². The van der Waals surface area contributed by atoms with E-state index >= 15 is 0 Å². The summed E-state index contributed by atoms with van der Waals surface area (Å²) in [6.07, 6.45) is 5.64. The number of fused-ring (bicyclic) bond motifs is 5. The summed E-state index contributed by atoms with van der Waals surface area (Å²) < 4.78 is 6.95. The van der Waals surface area contributed by atoms with Crippen LogP contribution < -0.4 is 22.3 Å². The predicted octanol–water partition coefficient (Wildman–Crippen LogP) is 0.308. The standard InChI is InChI=1S/C28H28N4O3.BrH/c33-26(31-25-9-12-29-18-30-25)17-32-13-10-19(11-14-32)24(16-32)35-28(34)27-22-7-3-1-5-20(22)15-21-6-2-4-8-23(21)27;/h1-9,12,18-19,24,27H,10-11,13-17H2;1H.